The SMILES string of the molecule is Cc1noc(-c2c(N3CCC(NC4CCOCC4)CC3)nc3c(F)cc([C@H](C)O)cc3c2C)n1. The first-order chi connectivity index (χ1) is 16.4. The number of rotatable bonds is 5. The van der Waals surface area contributed by atoms with Crippen LogP contribution in [-0.2, 0) is 4.74 Å². The van der Waals surface area contributed by atoms with Crippen LogP contribution >= 0.6 is 0 Å². The molecule has 0 radical (unpaired) electrons. The van der Waals surface area contributed by atoms with Crippen LogP contribution in [0.15, 0.2) is 16.7 Å². The van der Waals surface area contributed by atoms with Gasteiger partial charge in [-0.2, -0.15) is 4.98 Å². The van der Waals surface area contributed by atoms with Crippen molar-refractivity contribution in [3.63, 3.8) is 0 Å². The number of nitrogens with one attached hydrogen (secondary N) is 1. The Labute approximate surface area is 198 Å². The number of anilines is 1. The molecular weight excluding hydrogens is 437 g/mol. The molecule has 8 nitrogen and oxygen atoms in total. The van der Waals surface area contributed by atoms with Crippen molar-refractivity contribution in [3.8, 4) is 11.5 Å². The lowest BCUT2D eigenvalue weighted by atomic mass is 9.97. The second-order valence-electron chi connectivity index (χ2n) is 9.47. The molecule has 2 aliphatic rings. The highest BCUT2D eigenvalue weighted by atomic mass is 19.1. The van der Waals surface area contributed by atoms with E-state index in [1.165, 1.54) is 6.07 Å². The summed E-state index contributed by atoms with van der Waals surface area (Å²) in [4.78, 5) is 11.5. The summed E-state index contributed by atoms with van der Waals surface area (Å²) in [7, 11) is 0. The molecule has 0 spiro atoms. The second kappa shape index (κ2) is 9.56. The number of pyridine rings is 1. The van der Waals surface area contributed by atoms with E-state index >= 15 is 4.39 Å². The molecule has 2 aliphatic heterocycles. The fraction of sp³-hybridized carbons (Fsp3) is 0.560. The molecule has 0 unspecified atom stereocenters. The molecule has 2 saturated heterocycles. The number of nitrogens with zero attached hydrogens (tertiary/aromatic N) is 4. The molecule has 0 bridgehead atoms. The number of fused-ring (bicyclic) bond motifs is 1. The predicted molar refractivity (Wildman–Crippen MR) is 127 cm³/mol. The average Bonchev–Trinajstić information content (AvgIpc) is 3.26. The van der Waals surface area contributed by atoms with E-state index in [0.717, 1.165) is 63.1 Å². The molecule has 0 amide bonds. The Kier molecular flexibility index (Phi) is 6.50. The molecule has 4 heterocycles. The summed E-state index contributed by atoms with van der Waals surface area (Å²) >= 11 is 0. The third-order valence-electron chi connectivity index (χ3n) is 7.02. The van der Waals surface area contributed by atoms with Crippen LogP contribution in [0.4, 0.5) is 10.2 Å². The molecule has 2 aromatic heterocycles. The maximum atomic E-state index is 15.1. The van der Waals surface area contributed by atoms with Crippen molar-refractivity contribution in [3.05, 3.63) is 34.9 Å². The van der Waals surface area contributed by atoms with Crippen LogP contribution in [0.5, 0.6) is 0 Å². The van der Waals surface area contributed by atoms with Gasteiger partial charge in [-0.25, -0.2) is 9.37 Å². The number of aliphatic hydroxyl groups excluding tert-OH is 1. The Bertz CT molecular complexity index is 1170. The van der Waals surface area contributed by atoms with E-state index < -0.39 is 11.9 Å². The van der Waals surface area contributed by atoms with Gasteiger partial charge in [0.25, 0.3) is 5.89 Å². The van der Waals surface area contributed by atoms with Crippen molar-refractivity contribution < 1.29 is 18.8 Å². The summed E-state index contributed by atoms with van der Waals surface area (Å²) in [5.41, 5.74) is 2.34. The molecule has 0 aliphatic carbocycles. The van der Waals surface area contributed by atoms with Crippen molar-refractivity contribution in [2.75, 3.05) is 31.2 Å². The van der Waals surface area contributed by atoms with Crippen LogP contribution in [0.2, 0.25) is 0 Å². The van der Waals surface area contributed by atoms with Crippen LogP contribution in [0.3, 0.4) is 0 Å². The molecule has 1 aromatic carbocycles. The van der Waals surface area contributed by atoms with Gasteiger partial charge in [0.2, 0.25) is 0 Å². The van der Waals surface area contributed by atoms with Crippen LogP contribution in [-0.4, -0.2) is 58.6 Å². The zero-order valence-corrected chi connectivity index (χ0v) is 20.0. The van der Waals surface area contributed by atoms with Gasteiger partial charge in [-0.05, 0) is 69.7 Å². The molecule has 34 heavy (non-hydrogen) atoms. The summed E-state index contributed by atoms with van der Waals surface area (Å²) in [6.45, 7) is 8.57. The van der Waals surface area contributed by atoms with Gasteiger partial charge < -0.3 is 24.6 Å². The van der Waals surface area contributed by atoms with E-state index in [0.29, 0.717) is 46.1 Å². The van der Waals surface area contributed by atoms with Crippen LogP contribution in [0, 0.1) is 19.7 Å². The maximum absolute atomic E-state index is 15.1. The molecule has 2 N–H and O–H groups in total. The largest absolute Gasteiger partial charge is 0.389 e. The van der Waals surface area contributed by atoms with Crippen LogP contribution in [0.25, 0.3) is 22.4 Å². The minimum Gasteiger partial charge on any atom is -0.389 e. The lowest BCUT2D eigenvalue weighted by Crippen LogP contribution is -2.48. The minimum absolute atomic E-state index is 0.291. The highest BCUT2D eigenvalue weighted by Crippen LogP contribution is 2.38. The lowest BCUT2D eigenvalue weighted by Gasteiger charge is -2.37. The lowest BCUT2D eigenvalue weighted by molar-refractivity contribution is 0.0738. The number of aromatic nitrogens is 3. The number of hydrogen-bond acceptors (Lipinski definition) is 8. The van der Waals surface area contributed by atoms with E-state index in [2.05, 4.69) is 20.4 Å². The number of aryl methyl sites for hydroxylation is 2. The van der Waals surface area contributed by atoms with E-state index in [1.54, 1.807) is 19.9 Å². The monoisotopic (exact) mass is 469 g/mol. The molecule has 9 heteroatoms. The number of halogens is 1. The van der Waals surface area contributed by atoms with Gasteiger partial charge in [-0.3, -0.25) is 0 Å². The first-order valence-electron chi connectivity index (χ1n) is 12.1. The topological polar surface area (TPSA) is 96.5 Å². The van der Waals surface area contributed by atoms with Gasteiger partial charge in [0.15, 0.2) is 5.82 Å². The quantitative estimate of drug-likeness (QED) is 0.582. The van der Waals surface area contributed by atoms with E-state index in [1.807, 2.05) is 6.92 Å². The van der Waals surface area contributed by atoms with Gasteiger partial charge >= 0.3 is 0 Å². The number of piperidine rings is 1. The van der Waals surface area contributed by atoms with Crippen molar-refractivity contribution in [2.45, 2.75) is 64.6 Å². The standard InChI is InChI=1S/C25H32FN5O3/c1-14-20-12-17(15(2)32)13-21(26)23(20)29-24(22(14)25-27-16(3)30-34-25)31-8-4-18(5-9-31)28-19-6-10-33-11-7-19/h12-13,15,18-19,28,32H,4-11H2,1-3H3/t15-/m0/s1. The summed E-state index contributed by atoms with van der Waals surface area (Å²) in [5, 5.41) is 18.4. The Morgan fingerprint density at radius 1 is 1.09 bits per heavy atom. The number of ether oxygens (including phenoxy) is 1. The summed E-state index contributed by atoms with van der Waals surface area (Å²) in [6, 6.07) is 4.12. The Balaban J connectivity index is 1.50. The maximum Gasteiger partial charge on any atom is 0.261 e. The molecule has 3 aromatic rings. The third kappa shape index (κ3) is 4.52. The van der Waals surface area contributed by atoms with Gasteiger partial charge in [0, 0.05) is 43.8 Å². The Hall–Kier alpha value is -2.62. The van der Waals surface area contributed by atoms with Crippen LogP contribution < -0.4 is 10.2 Å². The molecule has 2 fully saturated rings. The number of benzene rings is 1. The third-order valence-corrected chi connectivity index (χ3v) is 7.02. The van der Waals surface area contributed by atoms with E-state index in [-0.39, 0.29) is 0 Å². The van der Waals surface area contributed by atoms with Gasteiger partial charge in [-0.15, -0.1) is 0 Å². The van der Waals surface area contributed by atoms with Gasteiger partial charge in [0.1, 0.15) is 17.2 Å². The van der Waals surface area contributed by atoms with Crippen LogP contribution in [0.1, 0.15) is 55.7 Å². The van der Waals surface area contributed by atoms with Crippen molar-refractivity contribution in [1.29, 1.82) is 0 Å². The summed E-state index contributed by atoms with van der Waals surface area (Å²) < 4.78 is 26.2. The zero-order chi connectivity index (χ0) is 23.8. The molecular formula is C25H32FN5O3. The Morgan fingerprint density at radius 3 is 2.44 bits per heavy atom. The molecule has 5 rings (SSSR count). The predicted octanol–water partition coefficient (Wildman–Crippen LogP) is 3.83. The average molecular weight is 470 g/mol. The summed E-state index contributed by atoms with van der Waals surface area (Å²) in [6.07, 6.45) is 3.28. The highest BCUT2D eigenvalue weighted by Gasteiger charge is 2.29. The Morgan fingerprint density at radius 2 is 1.79 bits per heavy atom. The van der Waals surface area contributed by atoms with Gasteiger partial charge in [-0.1, -0.05) is 5.16 Å². The molecule has 0 saturated carbocycles. The zero-order valence-electron chi connectivity index (χ0n) is 20.0. The first-order valence-corrected chi connectivity index (χ1v) is 12.1. The van der Waals surface area contributed by atoms with E-state index in [9.17, 15) is 5.11 Å². The number of hydrogen-bond donors (Lipinski definition) is 2. The fourth-order valence-corrected chi connectivity index (χ4v) is 5.06. The highest BCUT2D eigenvalue weighted by molar-refractivity contribution is 5.93. The minimum atomic E-state index is -0.783. The van der Waals surface area contributed by atoms with E-state index in [4.69, 9.17) is 14.2 Å². The smallest absolute Gasteiger partial charge is 0.261 e. The second-order valence-corrected chi connectivity index (χ2v) is 9.47. The molecule has 1 atom stereocenters. The van der Waals surface area contributed by atoms with Gasteiger partial charge in [0.05, 0.1) is 11.7 Å². The molecule has 182 valence electrons. The normalized spacial score (nSPS) is 19.1. The van der Waals surface area contributed by atoms with Crippen molar-refractivity contribution >= 4 is 16.7 Å². The first kappa shape index (κ1) is 23.1. The summed E-state index contributed by atoms with van der Waals surface area (Å²) in [5.74, 6) is 1.14. The van der Waals surface area contributed by atoms with Crippen molar-refractivity contribution in [2.24, 2.45) is 0 Å². The van der Waals surface area contributed by atoms with Crippen molar-refractivity contribution in [1.82, 2.24) is 20.4 Å². The number of aliphatic hydroxyl groups is 1. The fourth-order valence-electron chi connectivity index (χ4n) is 5.06.